The minimum atomic E-state index is 0.263. The molecular weight excluding hydrogens is 138 g/mol. The summed E-state index contributed by atoms with van der Waals surface area (Å²) in [5, 5.41) is 8.52. The van der Waals surface area contributed by atoms with Gasteiger partial charge in [-0.3, -0.25) is 0 Å². The normalized spacial score (nSPS) is 41.9. The number of rotatable bonds is 1. The maximum atomic E-state index is 8.52. The lowest BCUT2D eigenvalue weighted by molar-refractivity contribution is -0.0257. The van der Waals surface area contributed by atoms with Crippen LogP contribution in [0.2, 0.25) is 0 Å². The molecule has 0 radical (unpaired) electrons. The van der Waals surface area contributed by atoms with Crippen molar-refractivity contribution in [1.29, 1.82) is 5.26 Å². The largest absolute Gasteiger partial charge is 0.377 e. The van der Waals surface area contributed by atoms with E-state index in [-0.39, 0.29) is 6.10 Å². The first kappa shape index (κ1) is 7.12. The Morgan fingerprint density at radius 3 is 3.18 bits per heavy atom. The molecule has 2 fully saturated rings. The maximum absolute atomic E-state index is 8.52. The summed E-state index contributed by atoms with van der Waals surface area (Å²) in [4.78, 5) is 0. The van der Waals surface area contributed by atoms with Crippen LogP contribution in [0.15, 0.2) is 0 Å². The number of ether oxygens (including phenoxy) is 1. The SMILES string of the molecule is N#CCC1OCC2CCC1C2. The van der Waals surface area contributed by atoms with Crippen LogP contribution in [0.5, 0.6) is 0 Å². The second-order valence-electron chi connectivity index (χ2n) is 3.67. The molecule has 1 saturated carbocycles. The number of nitrogens with zero attached hydrogens (tertiary/aromatic N) is 1. The Labute approximate surface area is 67.2 Å². The Bertz CT molecular complexity index is 184. The standard InChI is InChI=1S/C9H13NO/c10-4-3-9-8-2-1-7(5-8)6-11-9/h7-9H,1-3,5-6H2. The minimum absolute atomic E-state index is 0.263. The van der Waals surface area contributed by atoms with Gasteiger partial charge in [0.05, 0.1) is 18.6 Å². The van der Waals surface area contributed by atoms with Crippen LogP contribution >= 0.6 is 0 Å². The van der Waals surface area contributed by atoms with Crippen LogP contribution in [0.1, 0.15) is 25.7 Å². The summed E-state index contributed by atoms with van der Waals surface area (Å²) in [6.45, 7) is 0.906. The second-order valence-corrected chi connectivity index (χ2v) is 3.67. The fourth-order valence-electron chi connectivity index (χ4n) is 2.31. The molecule has 2 rings (SSSR count). The third-order valence-electron chi connectivity index (χ3n) is 2.95. The van der Waals surface area contributed by atoms with E-state index in [2.05, 4.69) is 6.07 Å². The quantitative estimate of drug-likeness (QED) is 0.571. The summed E-state index contributed by atoms with van der Waals surface area (Å²) in [5.74, 6) is 1.52. The van der Waals surface area contributed by atoms with Gasteiger partial charge in [0.25, 0.3) is 0 Å². The molecule has 2 nitrogen and oxygen atoms in total. The number of nitriles is 1. The highest BCUT2D eigenvalue weighted by Gasteiger charge is 2.36. The van der Waals surface area contributed by atoms with Gasteiger partial charge in [-0.1, -0.05) is 0 Å². The van der Waals surface area contributed by atoms with E-state index in [1.165, 1.54) is 19.3 Å². The molecule has 0 aromatic heterocycles. The number of fused-ring (bicyclic) bond motifs is 2. The third-order valence-corrected chi connectivity index (χ3v) is 2.95. The fourth-order valence-corrected chi connectivity index (χ4v) is 2.31. The molecule has 2 heteroatoms. The van der Waals surface area contributed by atoms with Gasteiger partial charge >= 0.3 is 0 Å². The first-order chi connectivity index (χ1) is 5.40. The van der Waals surface area contributed by atoms with Crippen molar-refractivity contribution in [3.05, 3.63) is 0 Å². The highest BCUT2D eigenvalue weighted by Crippen LogP contribution is 2.39. The van der Waals surface area contributed by atoms with Crippen LogP contribution in [0.4, 0.5) is 0 Å². The van der Waals surface area contributed by atoms with E-state index in [1.54, 1.807) is 0 Å². The Morgan fingerprint density at radius 1 is 1.45 bits per heavy atom. The van der Waals surface area contributed by atoms with Gasteiger partial charge in [-0.05, 0) is 31.1 Å². The second kappa shape index (κ2) is 2.83. The Morgan fingerprint density at radius 2 is 2.36 bits per heavy atom. The molecule has 1 aliphatic heterocycles. The molecule has 60 valence electrons. The lowest BCUT2D eigenvalue weighted by atomic mass is 9.95. The van der Waals surface area contributed by atoms with E-state index in [1.807, 2.05) is 0 Å². The molecule has 1 heterocycles. The molecule has 1 saturated heterocycles. The van der Waals surface area contributed by atoms with Crippen LogP contribution in [0, 0.1) is 23.2 Å². The van der Waals surface area contributed by atoms with Crippen molar-refractivity contribution >= 4 is 0 Å². The summed E-state index contributed by atoms with van der Waals surface area (Å²) < 4.78 is 5.58. The van der Waals surface area contributed by atoms with Crippen molar-refractivity contribution < 1.29 is 4.74 Å². The van der Waals surface area contributed by atoms with Crippen LogP contribution in [-0.2, 0) is 4.74 Å². The Hall–Kier alpha value is -0.550. The van der Waals surface area contributed by atoms with Crippen molar-refractivity contribution in [3.8, 4) is 6.07 Å². The zero-order valence-corrected chi connectivity index (χ0v) is 6.62. The zero-order chi connectivity index (χ0) is 7.68. The van der Waals surface area contributed by atoms with Gasteiger partial charge in [0.1, 0.15) is 0 Å². The molecule has 2 aliphatic rings. The monoisotopic (exact) mass is 151 g/mol. The lowest BCUT2D eigenvalue weighted by Crippen LogP contribution is -2.28. The molecule has 0 amide bonds. The smallest absolute Gasteiger partial charge is 0.0733 e. The molecular formula is C9H13NO. The minimum Gasteiger partial charge on any atom is -0.377 e. The molecule has 2 bridgehead atoms. The predicted octanol–water partition coefficient (Wildman–Crippen LogP) is 1.72. The van der Waals surface area contributed by atoms with Crippen LogP contribution in [-0.4, -0.2) is 12.7 Å². The van der Waals surface area contributed by atoms with E-state index in [4.69, 9.17) is 10.00 Å². The van der Waals surface area contributed by atoms with Crippen molar-refractivity contribution in [3.63, 3.8) is 0 Å². The first-order valence-electron chi connectivity index (χ1n) is 4.38. The van der Waals surface area contributed by atoms with Gasteiger partial charge in [-0.25, -0.2) is 0 Å². The summed E-state index contributed by atoms with van der Waals surface area (Å²) in [7, 11) is 0. The molecule has 0 aromatic rings. The zero-order valence-electron chi connectivity index (χ0n) is 6.62. The Kier molecular flexibility index (Phi) is 1.83. The molecule has 1 aliphatic carbocycles. The molecule has 0 N–H and O–H groups in total. The van der Waals surface area contributed by atoms with E-state index >= 15 is 0 Å². The van der Waals surface area contributed by atoms with Crippen LogP contribution in [0.25, 0.3) is 0 Å². The lowest BCUT2D eigenvalue weighted by Gasteiger charge is -2.27. The van der Waals surface area contributed by atoms with Gasteiger partial charge in [0.2, 0.25) is 0 Å². The summed E-state index contributed by atoms with van der Waals surface area (Å²) in [5.41, 5.74) is 0. The van der Waals surface area contributed by atoms with Crippen LogP contribution in [0.3, 0.4) is 0 Å². The summed E-state index contributed by atoms with van der Waals surface area (Å²) in [6.07, 6.45) is 4.78. The predicted molar refractivity (Wildman–Crippen MR) is 40.8 cm³/mol. The molecule has 0 aromatic carbocycles. The average Bonchev–Trinajstić information content (AvgIpc) is 2.40. The first-order valence-corrected chi connectivity index (χ1v) is 4.38. The van der Waals surface area contributed by atoms with E-state index in [0.29, 0.717) is 12.3 Å². The van der Waals surface area contributed by atoms with Gasteiger partial charge < -0.3 is 4.74 Å². The van der Waals surface area contributed by atoms with Crippen molar-refractivity contribution in [2.45, 2.75) is 31.8 Å². The average molecular weight is 151 g/mol. The van der Waals surface area contributed by atoms with Gasteiger partial charge in [-0.2, -0.15) is 5.26 Å². The number of hydrogen-bond acceptors (Lipinski definition) is 2. The molecule has 3 unspecified atom stereocenters. The fraction of sp³-hybridized carbons (Fsp3) is 0.889. The van der Waals surface area contributed by atoms with Crippen molar-refractivity contribution in [1.82, 2.24) is 0 Å². The highest BCUT2D eigenvalue weighted by atomic mass is 16.5. The van der Waals surface area contributed by atoms with Crippen molar-refractivity contribution in [2.24, 2.45) is 11.8 Å². The van der Waals surface area contributed by atoms with Gasteiger partial charge in [0, 0.05) is 6.61 Å². The van der Waals surface area contributed by atoms with Gasteiger partial charge in [-0.15, -0.1) is 0 Å². The van der Waals surface area contributed by atoms with Crippen molar-refractivity contribution in [2.75, 3.05) is 6.61 Å². The van der Waals surface area contributed by atoms with E-state index < -0.39 is 0 Å². The number of hydrogen-bond donors (Lipinski definition) is 0. The highest BCUT2D eigenvalue weighted by molar-refractivity contribution is 4.90. The van der Waals surface area contributed by atoms with Gasteiger partial charge in [0.15, 0.2) is 0 Å². The van der Waals surface area contributed by atoms with E-state index in [9.17, 15) is 0 Å². The maximum Gasteiger partial charge on any atom is 0.0733 e. The third kappa shape index (κ3) is 1.25. The molecule has 3 atom stereocenters. The van der Waals surface area contributed by atoms with Crippen LogP contribution < -0.4 is 0 Å². The topological polar surface area (TPSA) is 33.0 Å². The summed E-state index contributed by atoms with van der Waals surface area (Å²) in [6, 6.07) is 2.20. The Balaban J connectivity index is 1.97. The molecule has 11 heavy (non-hydrogen) atoms. The molecule has 0 spiro atoms. The van der Waals surface area contributed by atoms with E-state index in [0.717, 1.165) is 12.5 Å². The summed E-state index contributed by atoms with van der Waals surface area (Å²) >= 11 is 0.